The van der Waals surface area contributed by atoms with Crippen LogP contribution in [0.3, 0.4) is 0 Å². The van der Waals surface area contributed by atoms with Crippen LogP contribution in [0.2, 0.25) is 0 Å². The molecule has 0 saturated heterocycles. The van der Waals surface area contributed by atoms with Crippen molar-refractivity contribution in [2.24, 2.45) is 0 Å². The molecule has 0 aliphatic carbocycles. The van der Waals surface area contributed by atoms with Crippen molar-refractivity contribution in [3.05, 3.63) is 71.4 Å². The molecule has 0 spiro atoms. The van der Waals surface area contributed by atoms with E-state index in [-0.39, 0.29) is 0 Å². The van der Waals surface area contributed by atoms with Gasteiger partial charge in [-0.15, -0.1) is 0 Å². The van der Waals surface area contributed by atoms with Crippen molar-refractivity contribution in [1.82, 2.24) is 4.98 Å². The van der Waals surface area contributed by atoms with Gasteiger partial charge in [0.2, 0.25) is 0 Å². The number of ether oxygens (including phenoxy) is 2. The molecular formula is C28H25F2NO4. The summed E-state index contributed by atoms with van der Waals surface area (Å²) in [5.74, 6) is -0.596. The fraction of sp³-hybridized carbons (Fsp3) is 0.286. The largest absolute Gasteiger partial charge is 0.493 e. The first-order valence-electron chi connectivity index (χ1n) is 11.5. The zero-order valence-corrected chi connectivity index (χ0v) is 19.5. The molecule has 0 unspecified atom stereocenters. The number of hydrogen-bond donors (Lipinski definition) is 1. The number of aryl methyl sites for hydroxylation is 1. The van der Waals surface area contributed by atoms with Crippen molar-refractivity contribution in [3.8, 4) is 16.9 Å². The average molecular weight is 478 g/mol. The fourth-order valence-electron chi connectivity index (χ4n) is 4.85. The van der Waals surface area contributed by atoms with E-state index >= 15 is 0 Å². The lowest BCUT2D eigenvalue weighted by Gasteiger charge is -2.30. The second kappa shape index (κ2) is 8.89. The highest BCUT2D eigenvalue weighted by atomic mass is 19.1. The van der Waals surface area contributed by atoms with Gasteiger partial charge in [0.1, 0.15) is 24.7 Å². The Morgan fingerprint density at radius 3 is 2.71 bits per heavy atom. The number of aromatic nitrogens is 1. The lowest BCUT2D eigenvalue weighted by Crippen LogP contribution is -2.38. The van der Waals surface area contributed by atoms with Gasteiger partial charge in [-0.25, -0.2) is 13.6 Å². The number of nitrogens with zero attached hydrogens (tertiary/aromatic N) is 1. The maximum Gasteiger partial charge on any atom is 0.337 e. The maximum atomic E-state index is 13.7. The number of carbonyl (C=O) groups is 1. The van der Waals surface area contributed by atoms with Gasteiger partial charge in [0.05, 0.1) is 12.1 Å². The number of benzene rings is 3. The van der Waals surface area contributed by atoms with Gasteiger partial charge in [-0.2, -0.15) is 0 Å². The summed E-state index contributed by atoms with van der Waals surface area (Å²) < 4.78 is 39.0. The molecule has 3 aromatic carbocycles. The van der Waals surface area contributed by atoms with E-state index < -0.39 is 31.0 Å². The first-order chi connectivity index (χ1) is 16.9. The van der Waals surface area contributed by atoms with Crippen LogP contribution in [0.25, 0.3) is 32.8 Å². The third-order valence-corrected chi connectivity index (χ3v) is 6.59. The van der Waals surface area contributed by atoms with E-state index in [1.807, 2.05) is 48.5 Å². The Labute approximate surface area is 201 Å². The molecule has 1 aromatic heterocycles. The van der Waals surface area contributed by atoms with Crippen LogP contribution in [0.5, 0.6) is 5.75 Å². The van der Waals surface area contributed by atoms with Gasteiger partial charge in [-0.1, -0.05) is 30.3 Å². The third kappa shape index (κ3) is 3.90. The number of fused-ring (bicyclic) bond motifs is 1. The average Bonchev–Trinajstić information content (AvgIpc) is 2.87. The SMILES string of the molecule is Cc1cc2ccccc2c(-c2ccc3c4c(ccnc24)CCO3)c1[C@@H](OC(C)(CF)CF)C(=O)O. The van der Waals surface area contributed by atoms with Crippen LogP contribution in [0.1, 0.15) is 29.7 Å². The number of carboxylic acids is 1. The number of pyridine rings is 1. The zero-order valence-electron chi connectivity index (χ0n) is 19.5. The van der Waals surface area contributed by atoms with E-state index in [9.17, 15) is 18.7 Å². The fourth-order valence-corrected chi connectivity index (χ4v) is 4.85. The molecule has 1 aliphatic heterocycles. The van der Waals surface area contributed by atoms with Crippen LogP contribution in [0, 0.1) is 6.92 Å². The maximum absolute atomic E-state index is 13.7. The van der Waals surface area contributed by atoms with Crippen LogP contribution in [0.4, 0.5) is 8.78 Å². The Hall–Kier alpha value is -3.58. The minimum atomic E-state index is -1.88. The van der Waals surface area contributed by atoms with E-state index in [1.165, 1.54) is 6.92 Å². The number of rotatable bonds is 7. The molecule has 1 atom stereocenters. The molecule has 0 saturated carbocycles. The van der Waals surface area contributed by atoms with Gasteiger partial charge >= 0.3 is 5.97 Å². The van der Waals surface area contributed by atoms with Crippen molar-refractivity contribution in [3.63, 3.8) is 0 Å². The Balaban J connectivity index is 1.87. The van der Waals surface area contributed by atoms with E-state index in [4.69, 9.17) is 9.47 Å². The second-order valence-corrected chi connectivity index (χ2v) is 9.16. The predicted molar refractivity (Wildman–Crippen MR) is 130 cm³/mol. The van der Waals surface area contributed by atoms with Gasteiger partial charge in [-0.3, -0.25) is 4.98 Å². The predicted octanol–water partition coefficient (Wildman–Crippen LogP) is 6.14. The van der Waals surface area contributed by atoms with Gasteiger partial charge < -0.3 is 14.6 Å². The number of alkyl halides is 2. The molecule has 180 valence electrons. The number of aliphatic carboxylic acids is 1. The summed E-state index contributed by atoms with van der Waals surface area (Å²) in [6.07, 6.45) is 0.888. The minimum Gasteiger partial charge on any atom is -0.493 e. The van der Waals surface area contributed by atoms with E-state index in [0.717, 1.165) is 33.9 Å². The Kier molecular flexibility index (Phi) is 5.89. The summed E-state index contributed by atoms with van der Waals surface area (Å²) in [5, 5.41) is 12.8. The minimum absolute atomic E-state index is 0.351. The molecule has 0 radical (unpaired) electrons. The Morgan fingerprint density at radius 1 is 1.20 bits per heavy atom. The number of hydrogen-bond acceptors (Lipinski definition) is 4. The van der Waals surface area contributed by atoms with E-state index in [0.29, 0.717) is 34.4 Å². The van der Waals surface area contributed by atoms with Crippen molar-refractivity contribution in [2.75, 3.05) is 20.0 Å². The molecule has 1 N–H and O–H groups in total. The highest BCUT2D eigenvalue weighted by Gasteiger charge is 2.37. The molecule has 4 aromatic rings. The summed E-state index contributed by atoms with van der Waals surface area (Å²) >= 11 is 0. The highest BCUT2D eigenvalue weighted by molar-refractivity contribution is 6.08. The molecule has 5 nitrogen and oxygen atoms in total. The van der Waals surface area contributed by atoms with Crippen LogP contribution in [0.15, 0.2) is 54.7 Å². The molecule has 0 bridgehead atoms. The van der Waals surface area contributed by atoms with Crippen LogP contribution in [-0.2, 0) is 16.0 Å². The van der Waals surface area contributed by atoms with Crippen molar-refractivity contribution in [2.45, 2.75) is 32.0 Å². The van der Waals surface area contributed by atoms with Gasteiger partial charge in [-0.05, 0) is 59.5 Å². The van der Waals surface area contributed by atoms with Crippen LogP contribution in [-0.4, -0.2) is 41.6 Å². The summed E-state index contributed by atoms with van der Waals surface area (Å²) in [4.78, 5) is 17.2. The quantitative estimate of drug-likeness (QED) is 0.346. The lowest BCUT2D eigenvalue weighted by atomic mass is 9.85. The molecule has 1 aliphatic rings. The highest BCUT2D eigenvalue weighted by Crippen LogP contribution is 2.45. The van der Waals surface area contributed by atoms with Gasteiger partial charge in [0, 0.05) is 29.1 Å². The molecular weight excluding hydrogens is 452 g/mol. The molecule has 35 heavy (non-hydrogen) atoms. The van der Waals surface area contributed by atoms with E-state index in [2.05, 4.69) is 4.98 Å². The van der Waals surface area contributed by atoms with E-state index in [1.54, 1.807) is 13.1 Å². The van der Waals surface area contributed by atoms with Crippen LogP contribution >= 0.6 is 0 Å². The molecule has 2 heterocycles. The van der Waals surface area contributed by atoms with Gasteiger partial charge in [0.25, 0.3) is 0 Å². The van der Waals surface area contributed by atoms with Crippen molar-refractivity contribution < 1.29 is 28.2 Å². The van der Waals surface area contributed by atoms with Crippen LogP contribution < -0.4 is 4.74 Å². The summed E-state index contributed by atoms with van der Waals surface area (Å²) in [5.41, 5.74) is 2.22. The Bertz CT molecular complexity index is 1440. The zero-order chi connectivity index (χ0) is 24.7. The second-order valence-electron chi connectivity index (χ2n) is 9.16. The monoisotopic (exact) mass is 477 g/mol. The molecule has 5 rings (SSSR count). The standard InChI is InChI=1S/C28H25F2NO4/c1-16-13-18-5-3-4-6-19(18)24(22(16)26(27(32)33)35-28(2,14-29)15-30)20-7-8-21-23-17(10-12-34-21)9-11-31-25(20)23/h3-9,11,13,26H,10,12,14-15H2,1-2H3,(H,32,33)/t26-/m1/s1. The molecule has 7 heteroatoms. The first-order valence-corrected chi connectivity index (χ1v) is 11.5. The molecule has 0 fully saturated rings. The molecule has 0 amide bonds. The van der Waals surface area contributed by atoms with Crippen molar-refractivity contribution in [1.29, 1.82) is 0 Å². The summed E-state index contributed by atoms with van der Waals surface area (Å²) in [6, 6.07) is 15.2. The summed E-state index contributed by atoms with van der Waals surface area (Å²) in [7, 11) is 0. The Morgan fingerprint density at radius 2 is 1.97 bits per heavy atom. The number of carboxylic acid groups (broad SMARTS) is 1. The smallest absolute Gasteiger partial charge is 0.337 e. The first kappa shape index (κ1) is 23.2. The van der Waals surface area contributed by atoms with Gasteiger partial charge in [0.15, 0.2) is 6.10 Å². The summed E-state index contributed by atoms with van der Waals surface area (Å²) in [6.45, 7) is 1.28. The number of halogens is 2. The lowest BCUT2D eigenvalue weighted by molar-refractivity contribution is -0.167. The van der Waals surface area contributed by atoms with Crippen molar-refractivity contribution >= 4 is 27.6 Å². The third-order valence-electron chi connectivity index (χ3n) is 6.59. The normalized spacial score (nSPS) is 14.2. The topological polar surface area (TPSA) is 68.7 Å².